The van der Waals surface area contributed by atoms with Crippen LogP contribution in [-0.2, 0) is 0 Å². The molecule has 2 aromatic rings. The zero-order chi connectivity index (χ0) is 15.6. The molecule has 0 saturated heterocycles. The van der Waals surface area contributed by atoms with Crippen LogP contribution in [0.15, 0.2) is 34.9 Å². The van der Waals surface area contributed by atoms with Crippen molar-refractivity contribution in [3.05, 3.63) is 56.3 Å². The Balaban J connectivity index is 2.21. The number of amides is 1. The van der Waals surface area contributed by atoms with Crippen LogP contribution in [0.2, 0.25) is 0 Å². The molecule has 0 aliphatic rings. The molecule has 0 saturated carbocycles. The summed E-state index contributed by atoms with van der Waals surface area (Å²) in [5, 5.41) is 22.0. The van der Waals surface area contributed by atoms with E-state index in [1.165, 1.54) is 18.2 Å². The number of hydrogen-bond acceptors (Lipinski definition) is 4. The molecule has 0 unspecified atom stereocenters. The summed E-state index contributed by atoms with van der Waals surface area (Å²) in [6.07, 6.45) is 1.10. The van der Waals surface area contributed by atoms with Crippen molar-refractivity contribution in [2.24, 2.45) is 0 Å². The third-order valence-corrected chi connectivity index (χ3v) is 3.27. The van der Waals surface area contributed by atoms with E-state index in [0.29, 0.717) is 4.47 Å². The van der Waals surface area contributed by atoms with Crippen LogP contribution in [0.4, 0.5) is 11.4 Å². The number of H-pyrrole nitrogens is 1. The minimum atomic E-state index is -1.14. The second kappa shape index (κ2) is 5.75. The Labute approximate surface area is 126 Å². The molecule has 0 aliphatic carbocycles. The standard InChI is InChI=1S/C12H8BrN3O5/c13-9-2-1-6(3-8(9)12(18)19)15-11(17)10-4-7(5-14-10)16(20)21/h1-5,14H,(H,15,17)(H,18,19). The molecule has 21 heavy (non-hydrogen) atoms. The maximum atomic E-state index is 11.9. The molecule has 3 N–H and O–H groups in total. The van der Waals surface area contributed by atoms with Gasteiger partial charge in [-0.2, -0.15) is 0 Å². The van der Waals surface area contributed by atoms with E-state index in [0.717, 1.165) is 12.3 Å². The monoisotopic (exact) mass is 353 g/mol. The number of carbonyl (C=O) groups is 2. The van der Waals surface area contributed by atoms with Gasteiger partial charge in [-0.1, -0.05) is 0 Å². The first-order valence-corrected chi connectivity index (χ1v) is 6.35. The summed E-state index contributed by atoms with van der Waals surface area (Å²) < 4.78 is 0.378. The largest absolute Gasteiger partial charge is 0.478 e. The van der Waals surface area contributed by atoms with Gasteiger partial charge >= 0.3 is 5.97 Å². The Morgan fingerprint density at radius 1 is 1.33 bits per heavy atom. The van der Waals surface area contributed by atoms with E-state index < -0.39 is 16.8 Å². The molecule has 0 radical (unpaired) electrons. The number of carboxylic acid groups (broad SMARTS) is 1. The van der Waals surface area contributed by atoms with Crippen molar-refractivity contribution in [3.8, 4) is 0 Å². The van der Waals surface area contributed by atoms with Gasteiger partial charge in [-0.15, -0.1) is 0 Å². The number of carboxylic acids is 1. The molecule has 108 valence electrons. The maximum absolute atomic E-state index is 11.9. The highest BCUT2D eigenvalue weighted by molar-refractivity contribution is 9.10. The van der Waals surface area contributed by atoms with Gasteiger partial charge in [0.2, 0.25) is 0 Å². The van der Waals surface area contributed by atoms with Gasteiger partial charge in [0.05, 0.1) is 16.7 Å². The molecule has 1 aromatic carbocycles. The Kier molecular flexibility index (Phi) is 4.03. The van der Waals surface area contributed by atoms with Gasteiger partial charge in [-0.3, -0.25) is 14.9 Å². The third-order valence-electron chi connectivity index (χ3n) is 2.58. The van der Waals surface area contributed by atoms with E-state index in [-0.39, 0.29) is 22.6 Å². The number of hydrogen-bond donors (Lipinski definition) is 3. The summed E-state index contributed by atoms with van der Waals surface area (Å²) in [7, 11) is 0. The Morgan fingerprint density at radius 2 is 2.05 bits per heavy atom. The van der Waals surface area contributed by atoms with Crippen molar-refractivity contribution in [3.63, 3.8) is 0 Å². The molecular weight excluding hydrogens is 346 g/mol. The lowest BCUT2D eigenvalue weighted by Gasteiger charge is -2.06. The molecule has 0 bridgehead atoms. The van der Waals surface area contributed by atoms with Crippen molar-refractivity contribution in [2.75, 3.05) is 5.32 Å². The van der Waals surface area contributed by atoms with Gasteiger partial charge in [-0.25, -0.2) is 4.79 Å². The van der Waals surface area contributed by atoms with Gasteiger partial charge in [0.15, 0.2) is 0 Å². The fraction of sp³-hybridized carbons (Fsp3) is 0. The quantitative estimate of drug-likeness (QED) is 0.575. The predicted molar refractivity (Wildman–Crippen MR) is 76.5 cm³/mol. The molecule has 8 nitrogen and oxygen atoms in total. The van der Waals surface area contributed by atoms with Crippen molar-refractivity contribution in [1.82, 2.24) is 4.98 Å². The third kappa shape index (κ3) is 3.26. The first-order valence-electron chi connectivity index (χ1n) is 5.55. The van der Waals surface area contributed by atoms with Crippen LogP contribution in [0.3, 0.4) is 0 Å². The predicted octanol–water partition coefficient (Wildman–Crippen LogP) is 2.64. The number of anilines is 1. The second-order valence-corrected chi connectivity index (χ2v) is 4.84. The smallest absolute Gasteiger partial charge is 0.336 e. The van der Waals surface area contributed by atoms with Gasteiger partial charge in [0, 0.05) is 16.2 Å². The number of carbonyl (C=O) groups excluding carboxylic acids is 1. The van der Waals surface area contributed by atoms with E-state index in [4.69, 9.17) is 5.11 Å². The number of aromatic amines is 1. The van der Waals surface area contributed by atoms with Crippen LogP contribution in [0, 0.1) is 10.1 Å². The van der Waals surface area contributed by atoms with Crippen LogP contribution in [0.1, 0.15) is 20.8 Å². The molecule has 1 amide bonds. The number of halogens is 1. The topological polar surface area (TPSA) is 125 Å². The fourth-order valence-corrected chi connectivity index (χ4v) is 2.00. The van der Waals surface area contributed by atoms with Crippen LogP contribution in [-0.4, -0.2) is 26.9 Å². The van der Waals surface area contributed by atoms with E-state index >= 15 is 0 Å². The van der Waals surface area contributed by atoms with E-state index in [9.17, 15) is 19.7 Å². The molecule has 0 atom stereocenters. The van der Waals surface area contributed by atoms with Gasteiger partial charge < -0.3 is 15.4 Å². The fourth-order valence-electron chi connectivity index (χ4n) is 1.58. The van der Waals surface area contributed by atoms with Crippen LogP contribution in [0.25, 0.3) is 0 Å². The first kappa shape index (κ1) is 14.7. The summed E-state index contributed by atoms with van der Waals surface area (Å²) >= 11 is 3.09. The second-order valence-electron chi connectivity index (χ2n) is 3.98. The summed E-state index contributed by atoms with van der Waals surface area (Å²) in [6, 6.07) is 5.36. The molecule has 1 aromatic heterocycles. The number of aromatic nitrogens is 1. The summed E-state index contributed by atoms with van der Waals surface area (Å²) in [6.45, 7) is 0. The normalized spacial score (nSPS) is 10.1. The van der Waals surface area contributed by atoms with Crippen LogP contribution >= 0.6 is 15.9 Å². The highest BCUT2D eigenvalue weighted by Gasteiger charge is 2.15. The molecule has 0 aliphatic heterocycles. The van der Waals surface area contributed by atoms with E-state index in [1.807, 2.05) is 0 Å². The summed E-state index contributed by atoms with van der Waals surface area (Å²) in [5.41, 5.74) is 0.0202. The molecule has 0 spiro atoms. The molecule has 9 heteroatoms. The lowest BCUT2D eigenvalue weighted by Crippen LogP contribution is -2.12. The van der Waals surface area contributed by atoms with Crippen LogP contribution in [0.5, 0.6) is 0 Å². The average Bonchev–Trinajstić information content (AvgIpc) is 2.90. The lowest BCUT2D eigenvalue weighted by atomic mass is 10.2. The molecule has 1 heterocycles. The number of benzene rings is 1. The number of rotatable bonds is 4. The molecular formula is C12H8BrN3O5. The molecule has 0 fully saturated rings. The van der Waals surface area contributed by atoms with Gasteiger partial charge in [0.25, 0.3) is 11.6 Å². The SMILES string of the molecule is O=C(Nc1ccc(Br)c(C(=O)O)c1)c1cc([N+](=O)[O-])c[nH]1. The highest BCUT2D eigenvalue weighted by Crippen LogP contribution is 2.22. The van der Waals surface area contributed by atoms with E-state index in [1.54, 1.807) is 0 Å². The number of aromatic carboxylic acids is 1. The number of nitrogens with zero attached hydrogens (tertiary/aromatic N) is 1. The van der Waals surface area contributed by atoms with Gasteiger partial charge in [-0.05, 0) is 34.1 Å². The van der Waals surface area contributed by atoms with Crippen molar-refractivity contribution in [2.45, 2.75) is 0 Å². The summed E-state index contributed by atoms with van der Waals surface area (Å²) in [5.74, 6) is -1.75. The molecule has 2 rings (SSSR count). The minimum absolute atomic E-state index is 0.00138. The summed E-state index contributed by atoms with van der Waals surface area (Å²) in [4.78, 5) is 35.3. The zero-order valence-corrected chi connectivity index (χ0v) is 11.9. The lowest BCUT2D eigenvalue weighted by molar-refractivity contribution is -0.384. The van der Waals surface area contributed by atoms with Crippen molar-refractivity contribution in [1.29, 1.82) is 0 Å². The van der Waals surface area contributed by atoms with E-state index in [2.05, 4.69) is 26.2 Å². The average molecular weight is 354 g/mol. The minimum Gasteiger partial charge on any atom is -0.478 e. The highest BCUT2D eigenvalue weighted by atomic mass is 79.9. The number of nitro groups is 1. The maximum Gasteiger partial charge on any atom is 0.336 e. The van der Waals surface area contributed by atoms with Crippen molar-refractivity contribution >= 4 is 39.2 Å². The Hall–Kier alpha value is -2.68. The number of nitrogens with one attached hydrogen (secondary N) is 2. The zero-order valence-electron chi connectivity index (χ0n) is 10.3. The van der Waals surface area contributed by atoms with Crippen molar-refractivity contribution < 1.29 is 19.6 Å². The Morgan fingerprint density at radius 3 is 2.62 bits per heavy atom. The van der Waals surface area contributed by atoms with Crippen LogP contribution < -0.4 is 5.32 Å². The Bertz CT molecular complexity index is 740. The van der Waals surface area contributed by atoms with Gasteiger partial charge in [0.1, 0.15) is 5.69 Å². The first-order chi connectivity index (χ1) is 9.88.